The van der Waals surface area contributed by atoms with Gasteiger partial charge in [-0.05, 0) is 43.0 Å². The average molecular weight is 274 g/mol. The Kier molecular flexibility index (Phi) is 5.62. The second-order valence-corrected chi connectivity index (χ2v) is 6.48. The molecule has 0 aliphatic carbocycles. The molecule has 1 heterocycles. The van der Waals surface area contributed by atoms with E-state index in [0.29, 0.717) is 12.0 Å². The van der Waals surface area contributed by atoms with E-state index in [9.17, 15) is 0 Å². The zero-order chi connectivity index (χ0) is 14.5. The SMILES string of the molecule is CCC1CN(Cc2ccc(C(C)C)cc2)CCC1NC. The van der Waals surface area contributed by atoms with Crippen molar-refractivity contribution in [2.45, 2.75) is 52.1 Å². The molecule has 1 N–H and O–H groups in total. The molecule has 1 aliphatic rings. The lowest BCUT2D eigenvalue weighted by Gasteiger charge is -2.38. The highest BCUT2D eigenvalue weighted by molar-refractivity contribution is 5.24. The first-order valence-corrected chi connectivity index (χ1v) is 8.12. The molecule has 0 radical (unpaired) electrons. The van der Waals surface area contributed by atoms with Crippen LogP contribution < -0.4 is 5.32 Å². The summed E-state index contributed by atoms with van der Waals surface area (Å²) in [7, 11) is 2.10. The lowest BCUT2D eigenvalue weighted by Crippen LogP contribution is -2.47. The molecule has 1 saturated heterocycles. The quantitative estimate of drug-likeness (QED) is 0.882. The van der Waals surface area contributed by atoms with E-state index in [1.165, 1.54) is 37.1 Å². The molecule has 0 spiro atoms. The van der Waals surface area contributed by atoms with Crippen LogP contribution in [0.3, 0.4) is 0 Å². The molecule has 2 nitrogen and oxygen atoms in total. The Labute approximate surface area is 124 Å². The first-order chi connectivity index (χ1) is 9.63. The summed E-state index contributed by atoms with van der Waals surface area (Å²) in [6.45, 7) is 10.4. The van der Waals surface area contributed by atoms with Gasteiger partial charge >= 0.3 is 0 Å². The van der Waals surface area contributed by atoms with E-state index in [1.807, 2.05) is 0 Å². The summed E-state index contributed by atoms with van der Waals surface area (Å²) in [6, 6.07) is 9.90. The Bertz CT molecular complexity index is 396. The second-order valence-electron chi connectivity index (χ2n) is 6.48. The van der Waals surface area contributed by atoms with Gasteiger partial charge in [0.15, 0.2) is 0 Å². The Morgan fingerprint density at radius 3 is 2.50 bits per heavy atom. The van der Waals surface area contributed by atoms with Crippen LogP contribution >= 0.6 is 0 Å². The van der Waals surface area contributed by atoms with Crippen molar-refractivity contribution in [1.29, 1.82) is 0 Å². The fraction of sp³-hybridized carbons (Fsp3) is 0.667. The molecular weight excluding hydrogens is 244 g/mol. The summed E-state index contributed by atoms with van der Waals surface area (Å²) in [5.41, 5.74) is 2.89. The Hall–Kier alpha value is -0.860. The highest BCUT2D eigenvalue weighted by atomic mass is 15.1. The van der Waals surface area contributed by atoms with Gasteiger partial charge in [-0.2, -0.15) is 0 Å². The smallest absolute Gasteiger partial charge is 0.0233 e. The maximum Gasteiger partial charge on any atom is 0.0233 e. The van der Waals surface area contributed by atoms with Crippen LogP contribution in [0.15, 0.2) is 24.3 Å². The summed E-state index contributed by atoms with van der Waals surface area (Å²) >= 11 is 0. The van der Waals surface area contributed by atoms with E-state index in [0.717, 1.165) is 12.5 Å². The normalized spacial score (nSPS) is 24.2. The lowest BCUT2D eigenvalue weighted by atomic mass is 9.90. The van der Waals surface area contributed by atoms with Crippen molar-refractivity contribution in [2.75, 3.05) is 20.1 Å². The van der Waals surface area contributed by atoms with E-state index in [-0.39, 0.29) is 0 Å². The van der Waals surface area contributed by atoms with Crippen LogP contribution in [0.1, 0.15) is 50.7 Å². The van der Waals surface area contributed by atoms with E-state index in [2.05, 4.69) is 62.3 Å². The van der Waals surface area contributed by atoms with Crippen LogP contribution in [0.4, 0.5) is 0 Å². The molecule has 2 unspecified atom stereocenters. The molecule has 2 rings (SSSR count). The van der Waals surface area contributed by atoms with Gasteiger partial charge in [0, 0.05) is 19.1 Å². The van der Waals surface area contributed by atoms with Gasteiger partial charge in [-0.3, -0.25) is 4.90 Å². The molecule has 0 saturated carbocycles. The third kappa shape index (κ3) is 3.83. The summed E-state index contributed by atoms with van der Waals surface area (Å²) in [6.07, 6.45) is 2.55. The molecule has 112 valence electrons. The van der Waals surface area contributed by atoms with Gasteiger partial charge in [0.2, 0.25) is 0 Å². The van der Waals surface area contributed by atoms with Crippen LogP contribution in [-0.2, 0) is 6.54 Å². The molecule has 1 fully saturated rings. The third-order valence-corrected chi connectivity index (χ3v) is 4.77. The molecule has 20 heavy (non-hydrogen) atoms. The summed E-state index contributed by atoms with van der Waals surface area (Å²) in [5.74, 6) is 1.42. The van der Waals surface area contributed by atoms with Crippen molar-refractivity contribution in [1.82, 2.24) is 10.2 Å². The first-order valence-electron chi connectivity index (χ1n) is 8.12. The minimum absolute atomic E-state index is 0.625. The van der Waals surface area contributed by atoms with Gasteiger partial charge in [-0.25, -0.2) is 0 Å². The summed E-state index contributed by atoms with van der Waals surface area (Å²) < 4.78 is 0. The van der Waals surface area contributed by atoms with Crippen LogP contribution in [0.25, 0.3) is 0 Å². The molecule has 1 aromatic carbocycles. The summed E-state index contributed by atoms with van der Waals surface area (Å²) in [5, 5.41) is 3.48. The highest BCUT2D eigenvalue weighted by Gasteiger charge is 2.26. The molecule has 0 amide bonds. The number of hydrogen-bond donors (Lipinski definition) is 1. The lowest BCUT2D eigenvalue weighted by molar-refractivity contribution is 0.132. The largest absolute Gasteiger partial charge is 0.317 e. The number of nitrogens with one attached hydrogen (secondary N) is 1. The van der Waals surface area contributed by atoms with Gasteiger partial charge < -0.3 is 5.32 Å². The van der Waals surface area contributed by atoms with Gasteiger partial charge in [0.1, 0.15) is 0 Å². The van der Waals surface area contributed by atoms with Crippen LogP contribution in [0.5, 0.6) is 0 Å². The third-order valence-electron chi connectivity index (χ3n) is 4.77. The molecule has 1 aliphatic heterocycles. The monoisotopic (exact) mass is 274 g/mol. The van der Waals surface area contributed by atoms with Crippen molar-refractivity contribution >= 4 is 0 Å². The number of benzene rings is 1. The van der Waals surface area contributed by atoms with E-state index >= 15 is 0 Å². The fourth-order valence-electron chi connectivity index (χ4n) is 3.31. The average Bonchev–Trinajstić information content (AvgIpc) is 2.47. The predicted molar refractivity (Wildman–Crippen MR) is 87.1 cm³/mol. The topological polar surface area (TPSA) is 15.3 Å². The molecule has 2 heteroatoms. The number of piperidine rings is 1. The van der Waals surface area contributed by atoms with E-state index < -0.39 is 0 Å². The zero-order valence-corrected chi connectivity index (χ0v) is 13.5. The van der Waals surface area contributed by atoms with Gasteiger partial charge in [-0.1, -0.05) is 51.5 Å². The minimum Gasteiger partial charge on any atom is -0.317 e. The Morgan fingerprint density at radius 1 is 1.25 bits per heavy atom. The van der Waals surface area contributed by atoms with Gasteiger partial charge in [0.05, 0.1) is 0 Å². The Morgan fingerprint density at radius 2 is 1.95 bits per heavy atom. The van der Waals surface area contributed by atoms with Crippen LogP contribution in [0, 0.1) is 5.92 Å². The molecule has 1 aromatic rings. The number of nitrogens with zero attached hydrogens (tertiary/aromatic N) is 1. The van der Waals surface area contributed by atoms with Crippen LogP contribution in [-0.4, -0.2) is 31.1 Å². The molecule has 0 bridgehead atoms. The predicted octanol–water partition coefficient (Wildman–Crippen LogP) is 3.63. The van der Waals surface area contributed by atoms with Crippen molar-refractivity contribution in [3.63, 3.8) is 0 Å². The van der Waals surface area contributed by atoms with Gasteiger partial charge in [0.25, 0.3) is 0 Å². The van der Waals surface area contributed by atoms with Crippen molar-refractivity contribution in [3.8, 4) is 0 Å². The standard InChI is InChI=1S/C18H30N2/c1-5-16-13-20(11-10-18(16)19-4)12-15-6-8-17(9-7-15)14(2)3/h6-9,14,16,18-19H,5,10-13H2,1-4H3. The second kappa shape index (κ2) is 7.24. The maximum absolute atomic E-state index is 3.48. The van der Waals surface area contributed by atoms with Crippen molar-refractivity contribution in [3.05, 3.63) is 35.4 Å². The summed E-state index contributed by atoms with van der Waals surface area (Å²) in [4.78, 5) is 2.62. The number of rotatable bonds is 5. The number of hydrogen-bond acceptors (Lipinski definition) is 2. The zero-order valence-electron chi connectivity index (χ0n) is 13.5. The molecule has 0 aromatic heterocycles. The molecular formula is C18H30N2. The highest BCUT2D eigenvalue weighted by Crippen LogP contribution is 2.22. The van der Waals surface area contributed by atoms with E-state index in [4.69, 9.17) is 0 Å². The fourth-order valence-corrected chi connectivity index (χ4v) is 3.31. The van der Waals surface area contributed by atoms with Gasteiger partial charge in [-0.15, -0.1) is 0 Å². The molecule has 2 atom stereocenters. The number of likely N-dealkylation sites (tertiary alicyclic amines) is 1. The Balaban J connectivity index is 1.93. The van der Waals surface area contributed by atoms with Crippen molar-refractivity contribution < 1.29 is 0 Å². The van der Waals surface area contributed by atoms with E-state index in [1.54, 1.807) is 0 Å². The van der Waals surface area contributed by atoms with Crippen LogP contribution in [0.2, 0.25) is 0 Å². The first kappa shape index (κ1) is 15.5. The van der Waals surface area contributed by atoms with Crippen molar-refractivity contribution in [2.24, 2.45) is 5.92 Å². The minimum atomic E-state index is 0.625. The maximum atomic E-state index is 3.48.